The number of unbranched alkanes of at least 4 members (excludes halogenated alkanes) is 12. The quantitative estimate of drug-likeness (QED) is 0.338. The first-order chi connectivity index (χ1) is 11.6. The Kier molecular flexibility index (Phi) is 16.8. The number of hydrogen-bond acceptors (Lipinski definition) is 2. The van der Waals surface area contributed by atoms with E-state index in [2.05, 4.69) is 19.2 Å². The summed E-state index contributed by atoms with van der Waals surface area (Å²) in [7, 11) is 0. The number of carbonyl (C=O) groups is 1. The van der Waals surface area contributed by atoms with Gasteiger partial charge in [-0.25, -0.2) is 0 Å². The smallest absolute Gasteiger partial charge is 0.217 e. The first-order valence-corrected chi connectivity index (χ1v) is 10.5. The molecule has 0 radical (unpaired) electrons. The molecule has 1 unspecified atom stereocenters. The molecule has 0 aliphatic heterocycles. The van der Waals surface area contributed by atoms with Crippen molar-refractivity contribution in [2.45, 2.75) is 117 Å². The van der Waals surface area contributed by atoms with Gasteiger partial charge in [-0.2, -0.15) is 0 Å². The van der Waals surface area contributed by atoms with E-state index in [0.29, 0.717) is 5.92 Å². The molecule has 0 heterocycles. The Balaban J connectivity index is 3.34. The summed E-state index contributed by atoms with van der Waals surface area (Å²) >= 11 is 0. The maximum absolute atomic E-state index is 11.1. The van der Waals surface area contributed by atoms with Crippen molar-refractivity contribution in [3.63, 3.8) is 0 Å². The van der Waals surface area contributed by atoms with Crippen LogP contribution in [0.4, 0.5) is 0 Å². The van der Waals surface area contributed by atoms with Crippen molar-refractivity contribution < 1.29 is 9.90 Å². The molecule has 0 aromatic rings. The van der Waals surface area contributed by atoms with Crippen molar-refractivity contribution in [3.05, 3.63) is 0 Å². The predicted octanol–water partition coefficient (Wildman–Crippen LogP) is 5.60. The lowest BCUT2D eigenvalue weighted by molar-refractivity contribution is -0.120. The minimum absolute atomic E-state index is 0.0409. The van der Waals surface area contributed by atoms with E-state index in [-0.39, 0.29) is 18.6 Å². The zero-order chi connectivity index (χ0) is 18.0. The predicted molar refractivity (Wildman–Crippen MR) is 104 cm³/mol. The van der Waals surface area contributed by atoms with E-state index in [0.717, 1.165) is 6.42 Å². The molecule has 0 aliphatic rings. The molecule has 2 N–H and O–H groups in total. The third kappa shape index (κ3) is 15.0. The van der Waals surface area contributed by atoms with Crippen molar-refractivity contribution in [1.29, 1.82) is 0 Å². The molecule has 3 nitrogen and oxygen atoms in total. The number of aliphatic hydroxyl groups excluding tert-OH is 1. The Morgan fingerprint density at radius 2 is 1.25 bits per heavy atom. The van der Waals surface area contributed by atoms with Gasteiger partial charge in [0, 0.05) is 6.92 Å². The van der Waals surface area contributed by atoms with Crippen molar-refractivity contribution in [2.24, 2.45) is 5.92 Å². The van der Waals surface area contributed by atoms with Crippen molar-refractivity contribution in [1.82, 2.24) is 5.32 Å². The lowest BCUT2D eigenvalue weighted by Crippen LogP contribution is -2.40. The summed E-state index contributed by atoms with van der Waals surface area (Å²) in [4.78, 5) is 11.1. The number of carbonyl (C=O) groups excluding carboxylic acids is 1. The van der Waals surface area contributed by atoms with E-state index in [1.54, 1.807) is 0 Å². The van der Waals surface area contributed by atoms with Gasteiger partial charge in [-0.15, -0.1) is 0 Å². The third-order valence-electron chi connectivity index (χ3n) is 5.04. The Hall–Kier alpha value is -0.570. The molecule has 0 fully saturated rings. The van der Waals surface area contributed by atoms with Gasteiger partial charge in [-0.05, 0) is 12.3 Å². The topological polar surface area (TPSA) is 49.3 Å². The summed E-state index contributed by atoms with van der Waals surface area (Å²) in [6.45, 7) is 5.95. The minimum atomic E-state index is -0.0835. The Labute approximate surface area is 151 Å². The summed E-state index contributed by atoms with van der Waals surface area (Å²) in [6, 6.07) is -0.0835. The van der Waals surface area contributed by atoms with E-state index in [4.69, 9.17) is 0 Å². The molecule has 0 aromatic carbocycles. The summed E-state index contributed by atoms with van der Waals surface area (Å²) in [6.07, 6.45) is 18.9. The highest BCUT2D eigenvalue weighted by molar-refractivity contribution is 5.73. The molecule has 0 saturated carbocycles. The molecule has 0 aliphatic carbocycles. The van der Waals surface area contributed by atoms with Crippen LogP contribution in [0.3, 0.4) is 0 Å². The number of amides is 1. The largest absolute Gasteiger partial charge is 0.394 e. The molecule has 2 atom stereocenters. The van der Waals surface area contributed by atoms with Crippen molar-refractivity contribution in [2.75, 3.05) is 6.61 Å². The van der Waals surface area contributed by atoms with Gasteiger partial charge < -0.3 is 10.4 Å². The second-order valence-corrected chi connectivity index (χ2v) is 7.50. The van der Waals surface area contributed by atoms with Gasteiger partial charge in [-0.1, -0.05) is 97.3 Å². The zero-order valence-corrected chi connectivity index (χ0v) is 16.6. The second-order valence-electron chi connectivity index (χ2n) is 7.50. The van der Waals surface area contributed by atoms with Crippen LogP contribution in [0.5, 0.6) is 0 Å². The van der Waals surface area contributed by atoms with Crippen LogP contribution in [0.15, 0.2) is 0 Å². The average Bonchev–Trinajstić information content (AvgIpc) is 2.56. The monoisotopic (exact) mass is 341 g/mol. The van der Waals surface area contributed by atoms with Crippen LogP contribution in [0, 0.1) is 5.92 Å². The van der Waals surface area contributed by atoms with E-state index in [9.17, 15) is 9.90 Å². The molecule has 0 spiro atoms. The first-order valence-electron chi connectivity index (χ1n) is 10.5. The van der Waals surface area contributed by atoms with E-state index < -0.39 is 0 Å². The van der Waals surface area contributed by atoms with Crippen LogP contribution in [-0.4, -0.2) is 23.7 Å². The Morgan fingerprint density at radius 1 is 0.833 bits per heavy atom. The normalized spacial score (nSPS) is 13.7. The van der Waals surface area contributed by atoms with Crippen LogP contribution in [0.2, 0.25) is 0 Å². The molecular formula is C21H43NO2. The second kappa shape index (κ2) is 17.3. The average molecular weight is 342 g/mol. The highest BCUT2D eigenvalue weighted by Gasteiger charge is 2.16. The molecule has 1 amide bonds. The summed E-state index contributed by atoms with van der Waals surface area (Å²) in [5.41, 5.74) is 0. The van der Waals surface area contributed by atoms with E-state index >= 15 is 0 Å². The number of aliphatic hydroxyl groups is 1. The van der Waals surface area contributed by atoms with Crippen molar-refractivity contribution >= 4 is 5.91 Å². The molecule has 24 heavy (non-hydrogen) atoms. The first kappa shape index (κ1) is 23.4. The van der Waals surface area contributed by atoms with Gasteiger partial charge in [0.05, 0.1) is 12.6 Å². The molecular weight excluding hydrogens is 298 g/mol. The fourth-order valence-electron chi connectivity index (χ4n) is 3.31. The van der Waals surface area contributed by atoms with Crippen LogP contribution in [0.25, 0.3) is 0 Å². The van der Waals surface area contributed by atoms with Gasteiger partial charge in [-0.3, -0.25) is 4.79 Å². The Morgan fingerprint density at radius 3 is 1.62 bits per heavy atom. The minimum Gasteiger partial charge on any atom is -0.394 e. The summed E-state index contributed by atoms with van der Waals surface area (Å²) in [5, 5.41) is 12.2. The van der Waals surface area contributed by atoms with Gasteiger partial charge >= 0.3 is 0 Å². The van der Waals surface area contributed by atoms with Crippen molar-refractivity contribution in [3.8, 4) is 0 Å². The highest BCUT2D eigenvalue weighted by atomic mass is 16.3. The van der Waals surface area contributed by atoms with Crippen LogP contribution in [0.1, 0.15) is 111 Å². The molecule has 3 heteroatoms. The maximum atomic E-state index is 11.1. The summed E-state index contributed by atoms with van der Waals surface area (Å²) < 4.78 is 0. The molecule has 0 rings (SSSR count). The number of rotatable bonds is 17. The molecule has 0 saturated heterocycles. The molecule has 0 bridgehead atoms. The Bertz CT molecular complexity index is 281. The van der Waals surface area contributed by atoms with Gasteiger partial charge in [0.15, 0.2) is 0 Å². The van der Waals surface area contributed by atoms with E-state index in [1.807, 2.05) is 0 Å². The highest BCUT2D eigenvalue weighted by Crippen LogP contribution is 2.16. The van der Waals surface area contributed by atoms with Gasteiger partial charge in [0.25, 0.3) is 0 Å². The van der Waals surface area contributed by atoms with Crippen LogP contribution < -0.4 is 5.32 Å². The third-order valence-corrected chi connectivity index (χ3v) is 5.04. The van der Waals surface area contributed by atoms with E-state index in [1.165, 1.54) is 90.4 Å². The zero-order valence-electron chi connectivity index (χ0n) is 16.6. The standard InChI is InChI=1S/C21H43NO2/c1-4-5-6-7-8-9-10-11-12-13-14-15-16-17-19(2)21(18-23)22-20(3)24/h19,21,23H,4-18H2,1-3H3,(H,22,24)/t19?,21-/m0/s1. The molecule has 0 aromatic heterocycles. The number of nitrogens with one attached hydrogen (secondary N) is 1. The summed E-state index contributed by atoms with van der Waals surface area (Å²) in [5.74, 6) is 0.304. The van der Waals surface area contributed by atoms with Gasteiger partial charge in [0.1, 0.15) is 0 Å². The van der Waals surface area contributed by atoms with Crippen LogP contribution >= 0.6 is 0 Å². The fraction of sp³-hybridized carbons (Fsp3) is 0.952. The van der Waals surface area contributed by atoms with Crippen LogP contribution in [-0.2, 0) is 4.79 Å². The number of hydrogen-bond donors (Lipinski definition) is 2. The molecule has 144 valence electrons. The lowest BCUT2D eigenvalue weighted by atomic mass is 9.95. The SMILES string of the molecule is CCCCCCCCCCCCCCCC(C)[C@H](CO)NC(C)=O. The lowest BCUT2D eigenvalue weighted by Gasteiger charge is -2.22. The fourth-order valence-corrected chi connectivity index (χ4v) is 3.31. The van der Waals surface area contributed by atoms with Gasteiger partial charge in [0.2, 0.25) is 5.91 Å². The maximum Gasteiger partial charge on any atom is 0.217 e.